The predicted molar refractivity (Wildman–Crippen MR) is 106 cm³/mol. The maximum atomic E-state index is 11.7. The highest BCUT2D eigenvalue weighted by atomic mass is 35.5. The average Bonchev–Trinajstić information content (AvgIpc) is 2.67. The van der Waals surface area contributed by atoms with Crippen molar-refractivity contribution in [2.75, 3.05) is 6.54 Å². The van der Waals surface area contributed by atoms with Gasteiger partial charge in [0.05, 0.1) is 6.21 Å². The second kappa shape index (κ2) is 11.0. The Kier molecular flexibility index (Phi) is 8.32. The Labute approximate surface area is 163 Å². The number of ether oxygens (including phenoxy) is 1. The van der Waals surface area contributed by atoms with Crippen LogP contribution in [0, 0.1) is 0 Å². The number of amides is 2. The van der Waals surface area contributed by atoms with E-state index in [9.17, 15) is 9.59 Å². The average molecular weight is 388 g/mol. The number of nitrogens with zero attached hydrogens (tertiary/aromatic N) is 1. The lowest BCUT2D eigenvalue weighted by atomic mass is 10.2. The van der Waals surface area contributed by atoms with Crippen LogP contribution in [0.1, 0.15) is 30.9 Å². The molecule has 2 rings (SSSR count). The smallest absolute Gasteiger partial charge is 0.329 e. The molecule has 0 spiro atoms. The van der Waals surface area contributed by atoms with Gasteiger partial charge in [-0.1, -0.05) is 49.2 Å². The van der Waals surface area contributed by atoms with Crippen molar-refractivity contribution < 1.29 is 14.3 Å². The molecule has 2 aromatic carbocycles. The number of rotatable bonds is 8. The van der Waals surface area contributed by atoms with E-state index in [2.05, 4.69) is 15.8 Å². The number of hydrazone groups is 1. The van der Waals surface area contributed by atoms with Gasteiger partial charge in [0, 0.05) is 17.1 Å². The molecule has 2 aromatic rings. The van der Waals surface area contributed by atoms with Crippen molar-refractivity contribution in [1.29, 1.82) is 0 Å². The minimum atomic E-state index is -0.806. The SMILES string of the molecule is CCCCNC(=O)C(=O)N/N=C\c1ccccc1OCc1cccc(Cl)c1. The Balaban J connectivity index is 1.91. The van der Waals surface area contributed by atoms with Crippen molar-refractivity contribution in [2.45, 2.75) is 26.4 Å². The van der Waals surface area contributed by atoms with Crippen molar-refractivity contribution >= 4 is 29.6 Å². The van der Waals surface area contributed by atoms with Crippen LogP contribution >= 0.6 is 11.6 Å². The fraction of sp³-hybridized carbons (Fsp3) is 0.250. The van der Waals surface area contributed by atoms with Crippen LogP contribution in [-0.4, -0.2) is 24.6 Å². The molecule has 0 aliphatic rings. The summed E-state index contributed by atoms with van der Waals surface area (Å²) in [6.45, 7) is 2.81. The molecular formula is C20H22ClN3O3. The molecule has 0 aliphatic carbocycles. The van der Waals surface area contributed by atoms with Crippen LogP contribution in [0.15, 0.2) is 53.6 Å². The molecule has 7 heteroatoms. The molecular weight excluding hydrogens is 366 g/mol. The van der Waals surface area contributed by atoms with Gasteiger partial charge in [-0.25, -0.2) is 5.43 Å². The van der Waals surface area contributed by atoms with Gasteiger partial charge in [0.15, 0.2) is 0 Å². The van der Waals surface area contributed by atoms with Crippen LogP contribution in [0.5, 0.6) is 5.75 Å². The Morgan fingerprint density at radius 1 is 1.15 bits per heavy atom. The number of halogens is 1. The van der Waals surface area contributed by atoms with E-state index in [-0.39, 0.29) is 0 Å². The van der Waals surface area contributed by atoms with Gasteiger partial charge in [0.2, 0.25) is 0 Å². The van der Waals surface area contributed by atoms with E-state index in [4.69, 9.17) is 16.3 Å². The molecule has 0 aromatic heterocycles. The first-order chi connectivity index (χ1) is 13.1. The molecule has 27 heavy (non-hydrogen) atoms. The van der Waals surface area contributed by atoms with E-state index < -0.39 is 11.8 Å². The molecule has 0 saturated heterocycles. The molecule has 0 bridgehead atoms. The second-order valence-corrected chi connectivity index (χ2v) is 6.20. The predicted octanol–water partition coefficient (Wildman–Crippen LogP) is 3.29. The van der Waals surface area contributed by atoms with E-state index in [1.807, 2.05) is 37.3 Å². The topological polar surface area (TPSA) is 79.8 Å². The Morgan fingerprint density at radius 3 is 2.74 bits per heavy atom. The minimum absolute atomic E-state index is 0.345. The number of hydrogen-bond acceptors (Lipinski definition) is 4. The second-order valence-electron chi connectivity index (χ2n) is 5.77. The zero-order valence-electron chi connectivity index (χ0n) is 15.1. The number of benzene rings is 2. The quantitative estimate of drug-likeness (QED) is 0.315. The van der Waals surface area contributed by atoms with Gasteiger partial charge in [-0.3, -0.25) is 9.59 Å². The van der Waals surface area contributed by atoms with Gasteiger partial charge in [0.1, 0.15) is 12.4 Å². The number of carbonyl (C=O) groups is 2. The Bertz CT molecular complexity index is 809. The van der Waals surface area contributed by atoms with Crippen molar-refractivity contribution in [3.63, 3.8) is 0 Å². The maximum Gasteiger partial charge on any atom is 0.329 e. The van der Waals surface area contributed by atoms with Gasteiger partial charge >= 0.3 is 11.8 Å². The molecule has 0 heterocycles. The summed E-state index contributed by atoms with van der Waals surface area (Å²) >= 11 is 5.97. The number of para-hydroxylation sites is 1. The van der Waals surface area contributed by atoms with Crippen molar-refractivity contribution in [3.05, 3.63) is 64.7 Å². The van der Waals surface area contributed by atoms with Crippen LogP contribution in [-0.2, 0) is 16.2 Å². The molecule has 0 saturated carbocycles. The summed E-state index contributed by atoms with van der Waals surface area (Å²) in [7, 11) is 0. The summed E-state index contributed by atoms with van der Waals surface area (Å²) in [4.78, 5) is 23.3. The maximum absolute atomic E-state index is 11.7. The number of nitrogens with one attached hydrogen (secondary N) is 2. The summed E-state index contributed by atoms with van der Waals surface area (Å²) in [5.41, 5.74) is 3.82. The Morgan fingerprint density at radius 2 is 1.96 bits per heavy atom. The van der Waals surface area contributed by atoms with Crippen LogP contribution in [0.25, 0.3) is 0 Å². The van der Waals surface area contributed by atoms with Crippen LogP contribution in [0.4, 0.5) is 0 Å². The van der Waals surface area contributed by atoms with Gasteiger partial charge in [-0.05, 0) is 36.2 Å². The van der Waals surface area contributed by atoms with Gasteiger partial charge in [-0.2, -0.15) is 5.10 Å². The number of carbonyl (C=O) groups excluding carboxylic acids is 2. The number of unbranched alkanes of at least 4 members (excludes halogenated alkanes) is 1. The third-order valence-electron chi connectivity index (χ3n) is 3.59. The zero-order valence-corrected chi connectivity index (χ0v) is 15.8. The van der Waals surface area contributed by atoms with Crippen LogP contribution in [0.2, 0.25) is 5.02 Å². The minimum Gasteiger partial charge on any atom is -0.488 e. The highest BCUT2D eigenvalue weighted by Crippen LogP contribution is 2.18. The molecule has 0 radical (unpaired) electrons. The Hall–Kier alpha value is -2.86. The van der Waals surface area contributed by atoms with Gasteiger partial charge < -0.3 is 10.1 Å². The highest BCUT2D eigenvalue weighted by Gasteiger charge is 2.11. The van der Waals surface area contributed by atoms with Crippen molar-refractivity contribution in [1.82, 2.24) is 10.7 Å². The lowest BCUT2D eigenvalue weighted by molar-refractivity contribution is -0.139. The summed E-state index contributed by atoms with van der Waals surface area (Å²) in [5.74, 6) is -0.909. The van der Waals surface area contributed by atoms with E-state index >= 15 is 0 Å². The highest BCUT2D eigenvalue weighted by molar-refractivity contribution is 6.35. The molecule has 142 valence electrons. The standard InChI is InChI=1S/C20H22ClN3O3/c1-2-3-11-22-19(25)20(26)24-23-13-16-8-4-5-10-18(16)27-14-15-7-6-9-17(21)12-15/h4-10,12-13H,2-3,11,14H2,1H3,(H,22,25)(H,24,26)/b23-13-. The molecule has 0 atom stereocenters. The van der Waals surface area contributed by atoms with E-state index in [1.54, 1.807) is 18.2 Å². The third kappa shape index (κ3) is 7.11. The molecule has 0 unspecified atom stereocenters. The zero-order chi connectivity index (χ0) is 19.5. The first kappa shape index (κ1) is 20.5. The van der Waals surface area contributed by atoms with Crippen LogP contribution < -0.4 is 15.5 Å². The molecule has 6 nitrogen and oxygen atoms in total. The largest absolute Gasteiger partial charge is 0.488 e. The third-order valence-corrected chi connectivity index (χ3v) is 3.83. The number of hydrogen-bond donors (Lipinski definition) is 2. The molecule has 2 N–H and O–H groups in total. The normalized spacial score (nSPS) is 10.6. The van der Waals surface area contributed by atoms with Gasteiger partial charge in [0.25, 0.3) is 0 Å². The lowest BCUT2D eigenvalue weighted by Gasteiger charge is -2.09. The van der Waals surface area contributed by atoms with Crippen molar-refractivity contribution in [3.8, 4) is 5.75 Å². The first-order valence-corrected chi connectivity index (χ1v) is 9.05. The monoisotopic (exact) mass is 387 g/mol. The molecule has 0 aliphatic heterocycles. The molecule has 2 amide bonds. The summed E-state index contributed by atoms with van der Waals surface area (Å²) in [5, 5.41) is 7.00. The van der Waals surface area contributed by atoms with E-state index in [0.29, 0.717) is 29.5 Å². The van der Waals surface area contributed by atoms with E-state index in [0.717, 1.165) is 18.4 Å². The summed E-state index contributed by atoms with van der Waals surface area (Å²) in [6.07, 6.45) is 3.19. The van der Waals surface area contributed by atoms with E-state index in [1.165, 1.54) is 6.21 Å². The molecule has 0 fully saturated rings. The lowest BCUT2D eigenvalue weighted by Crippen LogP contribution is -2.38. The summed E-state index contributed by atoms with van der Waals surface area (Å²) < 4.78 is 5.81. The summed E-state index contributed by atoms with van der Waals surface area (Å²) in [6, 6.07) is 14.7. The van der Waals surface area contributed by atoms with Crippen LogP contribution in [0.3, 0.4) is 0 Å². The van der Waals surface area contributed by atoms with Crippen molar-refractivity contribution in [2.24, 2.45) is 5.10 Å². The fourth-order valence-electron chi connectivity index (χ4n) is 2.18. The fourth-order valence-corrected chi connectivity index (χ4v) is 2.39. The first-order valence-electron chi connectivity index (χ1n) is 8.67. The van der Waals surface area contributed by atoms with Gasteiger partial charge in [-0.15, -0.1) is 0 Å².